The second-order valence-electron chi connectivity index (χ2n) is 13.5. The average Bonchev–Trinajstić information content (AvgIpc) is 3.65. The number of nitrogens with zero attached hydrogens (tertiary/aromatic N) is 2. The second-order valence-corrected chi connectivity index (χ2v) is 13.5. The van der Waals surface area contributed by atoms with E-state index in [4.69, 9.17) is 13.9 Å². The summed E-state index contributed by atoms with van der Waals surface area (Å²) >= 11 is 0. The number of nitrogens with one attached hydrogen (secondary N) is 3. The number of urea groups is 1. The number of hydrogen-bond acceptors (Lipinski definition) is 8. The molecule has 3 N–H and O–H groups in total. The van der Waals surface area contributed by atoms with Gasteiger partial charge in [-0.3, -0.25) is 4.79 Å². The van der Waals surface area contributed by atoms with E-state index in [1.807, 2.05) is 86.3 Å². The Kier molecular flexibility index (Phi) is 11.6. The van der Waals surface area contributed by atoms with E-state index in [2.05, 4.69) is 20.9 Å². The molecule has 0 bridgehead atoms. The molecule has 0 aliphatic heterocycles. The third-order valence-corrected chi connectivity index (χ3v) is 9.20. The molecule has 5 rings (SSSR count). The van der Waals surface area contributed by atoms with E-state index in [-0.39, 0.29) is 36.3 Å². The Morgan fingerprint density at radius 2 is 1.68 bits per heavy atom. The lowest BCUT2D eigenvalue weighted by Crippen LogP contribution is -2.61. The van der Waals surface area contributed by atoms with Crippen LogP contribution >= 0.6 is 0 Å². The van der Waals surface area contributed by atoms with E-state index in [1.165, 1.54) is 7.11 Å². The number of methoxy groups -OCH3 is 1. The summed E-state index contributed by atoms with van der Waals surface area (Å²) in [4.78, 5) is 58.0. The topological polar surface area (TPSA) is 154 Å². The predicted octanol–water partition coefficient (Wildman–Crippen LogP) is 5.82. The third kappa shape index (κ3) is 8.53. The molecule has 1 aliphatic rings. The first kappa shape index (κ1) is 36.2. The molecular weight excluding hydrogens is 638 g/mol. The summed E-state index contributed by atoms with van der Waals surface area (Å²) in [5.74, 6) is -1.16. The highest BCUT2D eigenvalue weighted by Gasteiger charge is 2.42. The SMILES string of the molecule is COC(=O)C1(NC(=O)N[C@@H](CC(C)C)C(=O)N[C@H](Cc2cn(C)c3ccccc23)c2nc(C(=O)OCc3ccccc3)c(C)o2)CCCCC1. The number of amides is 3. The molecule has 1 aliphatic carbocycles. The molecule has 0 radical (unpaired) electrons. The van der Waals surface area contributed by atoms with Crippen molar-refractivity contribution in [2.75, 3.05) is 7.11 Å². The van der Waals surface area contributed by atoms with E-state index < -0.39 is 41.5 Å². The van der Waals surface area contributed by atoms with E-state index in [9.17, 15) is 19.2 Å². The summed E-state index contributed by atoms with van der Waals surface area (Å²) in [6.45, 7) is 5.60. The molecule has 12 heteroatoms. The first-order valence-corrected chi connectivity index (χ1v) is 17.2. The summed E-state index contributed by atoms with van der Waals surface area (Å²) in [7, 11) is 3.26. The average molecular weight is 686 g/mol. The predicted molar refractivity (Wildman–Crippen MR) is 187 cm³/mol. The number of ether oxygens (including phenoxy) is 2. The number of hydrogen-bond donors (Lipinski definition) is 3. The van der Waals surface area contributed by atoms with Crippen molar-refractivity contribution < 1.29 is 33.1 Å². The highest BCUT2D eigenvalue weighted by atomic mass is 16.5. The molecule has 0 unspecified atom stereocenters. The zero-order valence-corrected chi connectivity index (χ0v) is 29.4. The van der Waals surface area contributed by atoms with Crippen molar-refractivity contribution in [2.24, 2.45) is 13.0 Å². The van der Waals surface area contributed by atoms with Crippen LogP contribution in [-0.2, 0) is 39.1 Å². The van der Waals surface area contributed by atoms with Crippen LogP contribution in [0.25, 0.3) is 10.9 Å². The fourth-order valence-corrected chi connectivity index (χ4v) is 6.67. The van der Waals surface area contributed by atoms with Crippen LogP contribution in [0.2, 0.25) is 0 Å². The fourth-order valence-electron chi connectivity index (χ4n) is 6.67. The Labute approximate surface area is 292 Å². The number of benzene rings is 2. The van der Waals surface area contributed by atoms with Crippen molar-refractivity contribution in [1.29, 1.82) is 0 Å². The third-order valence-electron chi connectivity index (χ3n) is 9.20. The number of fused-ring (bicyclic) bond motifs is 1. The lowest BCUT2D eigenvalue weighted by Gasteiger charge is -2.35. The number of carbonyl (C=O) groups excluding carboxylic acids is 4. The first-order valence-electron chi connectivity index (χ1n) is 17.2. The van der Waals surface area contributed by atoms with Crippen molar-refractivity contribution in [3.63, 3.8) is 0 Å². The number of para-hydroxylation sites is 1. The molecule has 12 nitrogen and oxygen atoms in total. The summed E-state index contributed by atoms with van der Waals surface area (Å²) < 4.78 is 18.6. The van der Waals surface area contributed by atoms with Gasteiger partial charge in [0.05, 0.1) is 7.11 Å². The van der Waals surface area contributed by atoms with E-state index in [1.54, 1.807) is 6.92 Å². The Balaban J connectivity index is 1.40. The Morgan fingerprint density at radius 1 is 0.980 bits per heavy atom. The van der Waals surface area contributed by atoms with Gasteiger partial charge < -0.3 is 34.4 Å². The van der Waals surface area contributed by atoms with Crippen LogP contribution < -0.4 is 16.0 Å². The van der Waals surface area contributed by atoms with Crippen LogP contribution in [0.4, 0.5) is 4.79 Å². The van der Waals surface area contributed by atoms with Crippen LogP contribution in [0.5, 0.6) is 0 Å². The van der Waals surface area contributed by atoms with E-state index in [0.717, 1.165) is 41.3 Å². The van der Waals surface area contributed by atoms with Gasteiger partial charge in [-0.25, -0.2) is 19.4 Å². The van der Waals surface area contributed by atoms with Gasteiger partial charge in [-0.15, -0.1) is 0 Å². The highest BCUT2D eigenvalue weighted by molar-refractivity contribution is 5.91. The minimum Gasteiger partial charge on any atom is -0.467 e. The molecule has 1 saturated carbocycles. The van der Waals surface area contributed by atoms with Crippen LogP contribution in [0, 0.1) is 12.8 Å². The van der Waals surface area contributed by atoms with E-state index >= 15 is 0 Å². The maximum Gasteiger partial charge on any atom is 0.360 e. The molecule has 2 atom stereocenters. The van der Waals surface area contributed by atoms with Gasteiger partial charge in [0, 0.05) is 30.6 Å². The van der Waals surface area contributed by atoms with Crippen LogP contribution in [0.1, 0.15) is 91.7 Å². The molecule has 3 amide bonds. The van der Waals surface area contributed by atoms with Crippen molar-refractivity contribution in [2.45, 2.75) is 89.9 Å². The Morgan fingerprint density at radius 3 is 2.38 bits per heavy atom. The van der Waals surface area contributed by atoms with Gasteiger partial charge >= 0.3 is 18.0 Å². The summed E-state index contributed by atoms with van der Waals surface area (Å²) in [6, 6.07) is 14.9. The molecule has 50 heavy (non-hydrogen) atoms. The van der Waals surface area contributed by atoms with Gasteiger partial charge in [-0.05, 0) is 49.3 Å². The molecule has 2 aromatic heterocycles. The molecule has 2 aromatic carbocycles. The molecule has 266 valence electrons. The lowest BCUT2D eigenvalue weighted by atomic mass is 9.81. The fraction of sp³-hybridized carbons (Fsp3) is 0.447. The smallest absolute Gasteiger partial charge is 0.360 e. The first-order chi connectivity index (χ1) is 24.0. The van der Waals surface area contributed by atoms with Gasteiger partial charge in [-0.2, -0.15) is 0 Å². The van der Waals surface area contributed by atoms with Gasteiger partial charge in [0.1, 0.15) is 30.0 Å². The normalized spacial score (nSPS) is 15.2. The monoisotopic (exact) mass is 685 g/mol. The maximum atomic E-state index is 14.1. The van der Waals surface area contributed by atoms with Crippen LogP contribution in [0.3, 0.4) is 0 Å². The zero-order chi connectivity index (χ0) is 35.8. The van der Waals surface area contributed by atoms with Gasteiger partial charge in [0.25, 0.3) is 0 Å². The Hall–Kier alpha value is -5.13. The van der Waals surface area contributed by atoms with Crippen LogP contribution in [0.15, 0.2) is 65.2 Å². The standard InChI is InChI=1S/C38H47N5O7/c1-24(2)20-29(40-37(47)42-38(36(46)48-5)18-12-7-13-19-38)33(44)39-30(21-27-22-43(4)31-17-11-10-16-28(27)31)34-41-32(25(3)50-34)35(45)49-23-26-14-8-6-9-15-26/h6,8-11,14-17,22,24,29-30H,7,12-13,18-21,23H2,1-5H3,(H,39,44)(H2,40,42,47)/t29-,30+/m0/s1. The molecule has 1 fully saturated rings. The van der Waals surface area contributed by atoms with Crippen LogP contribution in [-0.4, -0.2) is 52.1 Å². The van der Waals surface area contributed by atoms with Gasteiger partial charge in [0.2, 0.25) is 11.8 Å². The molecule has 0 saturated heterocycles. The van der Waals surface area contributed by atoms with Gasteiger partial charge in [0.15, 0.2) is 5.69 Å². The number of esters is 2. The summed E-state index contributed by atoms with van der Waals surface area (Å²) in [5.41, 5.74) is 1.65. The summed E-state index contributed by atoms with van der Waals surface area (Å²) in [5, 5.41) is 9.73. The van der Waals surface area contributed by atoms with Crippen molar-refractivity contribution in [1.82, 2.24) is 25.5 Å². The Bertz CT molecular complexity index is 1810. The lowest BCUT2D eigenvalue weighted by molar-refractivity contribution is -0.149. The number of aryl methyl sites for hydroxylation is 2. The van der Waals surface area contributed by atoms with E-state index in [0.29, 0.717) is 19.3 Å². The molecular formula is C38H47N5O7. The minimum atomic E-state index is -1.14. The maximum absolute atomic E-state index is 14.1. The largest absolute Gasteiger partial charge is 0.467 e. The van der Waals surface area contributed by atoms with Crippen molar-refractivity contribution in [3.05, 3.63) is 89.3 Å². The molecule has 2 heterocycles. The highest BCUT2D eigenvalue weighted by Crippen LogP contribution is 2.30. The molecule has 0 spiro atoms. The minimum absolute atomic E-state index is 0.0184. The second kappa shape index (κ2) is 16.1. The van der Waals surface area contributed by atoms with Gasteiger partial charge in [-0.1, -0.05) is 81.6 Å². The number of rotatable bonds is 13. The quantitative estimate of drug-likeness (QED) is 0.149. The molecule has 4 aromatic rings. The zero-order valence-electron chi connectivity index (χ0n) is 29.4. The van der Waals surface area contributed by atoms with Crippen molar-refractivity contribution in [3.8, 4) is 0 Å². The summed E-state index contributed by atoms with van der Waals surface area (Å²) in [6.07, 6.45) is 6.04. The number of oxazole rings is 1. The number of carbonyl (C=O) groups is 4. The number of aromatic nitrogens is 2. The van der Waals surface area contributed by atoms with Crippen molar-refractivity contribution >= 4 is 34.8 Å².